The molecule has 0 amide bonds. The van der Waals surface area contributed by atoms with Crippen LogP contribution in [0.25, 0.3) is 10.9 Å². The maximum Gasteiger partial charge on any atom is 1.00 e. The maximum absolute atomic E-state index is 10.7. The Bertz CT molecular complexity index is 558. The third-order valence-electron chi connectivity index (χ3n) is 2.27. The first kappa shape index (κ1) is 15.4. The van der Waals surface area contributed by atoms with Crippen molar-refractivity contribution in [2.75, 3.05) is 6.61 Å². The van der Waals surface area contributed by atoms with E-state index < -0.39 is 11.3 Å². The van der Waals surface area contributed by atoms with Crippen molar-refractivity contribution in [1.82, 2.24) is 9.78 Å². The number of carboxylic acid groups (broad SMARTS) is 1. The summed E-state index contributed by atoms with van der Waals surface area (Å²) >= 11 is 3.90. The Morgan fingerprint density at radius 1 is 1.61 bits per heavy atom. The van der Waals surface area contributed by atoms with Gasteiger partial charge < -0.3 is 14.6 Å². The zero-order chi connectivity index (χ0) is 12.4. The summed E-state index contributed by atoms with van der Waals surface area (Å²) in [6, 6.07) is 5.36. The average Bonchev–Trinajstić information content (AvgIpc) is 2.71. The summed E-state index contributed by atoms with van der Waals surface area (Å²) in [5, 5.41) is 14.5. The number of carboxylic acids is 1. The minimum atomic E-state index is -1.29. The van der Waals surface area contributed by atoms with Gasteiger partial charge in [0.05, 0.1) is 18.1 Å². The van der Waals surface area contributed by atoms with Crippen molar-refractivity contribution in [1.29, 1.82) is 0 Å². The van der Waals surface area contributed by atoms with Crippen LogP contribution in [0.3, 0.4) is 0 Å². The zero-order valence-electron chi connectivity index (χ0n) is 10.2. The normalized spacial score (nSPS) is 11.9. The van der Waals surface area contributed by atoms with Gasteiger partial charge in [0.1, 0.15) is 11.1 Å². The maximum atomic E-state index is 10.7. The molecule has 90 valence electrons. The minimum Gasteiger partial charge on any atom is -0.547 e. The summed E-state index contributed by atoms with van der Waals surface area (Å²) in [7, 11) is 0. The van der Waals surface area contributed by atoms with Crippen LogP contribution >= 0.6 is 12.6 Å². The van der Waals surface area contributed by atoms with Gasteiger partial charge in [0.25, 0.3) is 0 Å². The second kappa shape index (κ2) is 6.47. The van der Waals surface area contributed by atoms with Crippen molar-refractivity contribution in [2.24, 2.45) is 0 Å². The summed E-state index contributed by atoms with van der Waals surface area (Å²) in [5.74, 6) is -0.560. The number of hydrogen-bond acceptors (Lipinski definition) is 5. The van der Waals surface area contributed by atoms with Crippen molar-refractivity contribution >= 4 is 29.5 Å². The van der Waals surface area contributed by atoms with Crippen LogP contribution in [0.15, 0.2) is 24.4 Å². The van der Waals surface area contributed by atoms with Crippen LogP contribution in [-0.2, 0) is 4.79 Å². The number of ether oxygens (including phenoxy) is 1. The third-order valence-corrected chi connectivity index (χ3v) is 2.71. The molecule has 0 aliphatic rings. The second-order valence-corrected chi connectivity index (χ2v) is 3.94. The molecule has 0 fully saturated rings. The van der Waals surface area contributed by atoms with Gasteiger partial charge in [-0.05, 0) is 25.1 Å². The molecule has 0 spiro atoms. The van der Waals surface area contributed by atoms with Crippen LogP contribution < -0.4 is 39.4 Å². The van der Waals surface area contributed by atoms with Gasteiger partial charge in [0.15, 0.2) is 0 Å². The van der Waals surface area contributed by atoms with Gasteiger partial charge in [0, 0.05) is 11.6 Å². The molecule has 0 saturated heterocycles. The zero-order valence-corrected chi connectivity index (χ0v) is 13.1. The van der Waals surface area contributed by atoms with Crippen LogP contribution in [0.1, 0.15) is 12.3 Å². The smallest absolute Gasteiger partial charge is 0.547 e. The van der Waals surface area contributed by atoms with E-state index in [-0.39, 0.29) is 29.6 Å². The van der Waals surface area contributed by atoms with Crippen LogP contribution in [0, 0.1) is 0 Å². The molecule has 7 heteroatoms. The molecule has 1 heterocycles. The van der Waals surface area contributed by atoms with Crippen molar-refractivity contribution in [3.05, 3.63) is 24.4 Å². The Labute approximate surface area is 132 Å². The molecule has 1 unspecified atom stereocenters. The van der Waals surface area contributed by atoms with Gasteiger partial charge in [-0.2, -0.15) is 5.10 Å². The first-order valence-electron chi connectivity index (χ1n) is 5.12. The van der Waals surface area contributed by atoms with Crippen LogP contribution in [0.2, 0.25) is 0 Å². The quantitative estimate of drug-likeness (QED) is 0.499. The van der Waals surface area contributed by atoms with Crippen LogP contribution in [0.5, 0.6) is 5.75 Å². The number of carbonyl (C=O) groups excluding carboxylic acids is 1. The molecular formula is C11H11N2NaO3S. The van der Waals surface area contributed by atoms with E-state index in [1.54, 1.807) is 24.4 Å². The Morgan fingerprint density at radius 3 is 2.94 bits per heavy atom. The topological polar surface area (TPSA) is 67.2 Å². The number of carbonyl (C=O) groups is 1. The number of fused-ring (bicyclic) bond motifs is 1. The minimum absolute atomic E-state index is 0. The molecule has 5 nitrogen and oxygen atoms in total. The molecule has 0 saturated carbocycles. The Hall–Kier alpha value is -0.690. The van der Waals surface area contributed by atoms with Crippen molar-refractivity contribution < 1.29 is 44.2 Å². The molecule has 1 aromatic carbocycles. The van der Waals surface area contributed by atoms with E-state index in [1.807, 2.05) is 6.92 Å². The molecule has 0 bridgehead atoms. The van der Waals surface area contributed by atoms with E-state index in [1.165, 1.54) is 4.68 Å². The Morgan fingerprint density at radius 2 is 2.33 bits per heavy atom. The van der Waals surface area contributed by atoms with E-state index in [0.29, 0.717) is 12.1 Å². The molecule has 0 aliphatic heterocycles. The summed E-state index contributed by atoms with van der Waals surface area (Å²) in [6.45, 7) is 2.47. The number of aromatic nitrogens is 2. The monoisotopic (exact) mass is 274 g/mol. The predicted octanol–water partition coefficient (Wildman–Crippen LogP) is -2.38. The van der Waals surface area contributed by atoms with Crippen molar-refractivity contribution in [3.8, 4) is 5.75 Å². The SMILES string of the molecule is CCOc1ccc2nn(C(S)C(=O)[O-])cc2c1.[Na+]. The predicted molar refractivity (Wildman–Crippen MR) is 63.9 cm³/mol. The molecule has 1 atom stereocenters. The molecule has 0 radical (unpaired) electrons. The van der Waals surface area contributed by atoms with E-state index in [4.69, 9.17) is 4.74 Å². The van der Waals surface area contributed by atoms with E-state index in [2.05, 4.69) is 17.7 Å². The number of benzene rings is 1. The molecule has 18 heavy (non-hydrogen) atoms. The fourth-order valence-corrected chi connectivity index (χ4v) is 1.63. The molecule has 1 aromatic heterocycles. The number of hydrogen-bond donors (Lipinski definition) is 1. The Kier molecular flexibility index (Phi) is 5.52. The van der Waals surface area contributed by atoms with Crippen LogP contribution in [-0.4, -0.2) is 22.4 Å². The number of thiol groups is 1. The van der Waals surface area contributed by atoms with E-state index in [0.717, 1.165) is 11.1 Å². The second-order valence-electron chi connectivity index (χ2n) is 3.46. The standard InChI is InChI=1S/C11H12N2O3S.Na/c1-2-16-8-3-4-9-7(5-8)6-13(12-9)10(17)11(14)15;/h3-6,10,17H,2H2,1H3,(H,14,15);/q;+1/p-1. The van der Waals surface area contributed by atoms with E-state index in [9.17, 15) is 9.90 Å². The number of nitrogens with zero attached hydrogens (tertiary/aromatic N) is 2. The number of rotatable bonds is 4. The fraction of sp³-hybridized carbons (Fsp3) is 0.273. The molecule has 0 N–H and O–H groups in total. The largest absolute Gasteiger partial charge is 1.00 e. The molecule has 0 aliphatic carbocycles. The molecular weight excluding hydrogens is 263 g/mol. The van der Waals surface area contributed by atoms with Crippen molar-refractivity contribution in [3.63, 3.8) is 0 Å². The molecule has 2 rings (SSSR count). The number of aliphatic carboxylic acids is 1. The first-order valence-corrected chi connectivity index (χ1v) is 5.64. The first-order chi connectivity index (χ1) is 8.11. The summed E-state index contributed by atoms with van der Waals surface area (Å²) in [5.41, 5.74) is 0.689. The summed E-state index contributed by atoms with van der Waals surface area (Å²) in [4.78, 5) is 10.7. The van der Waals surface area contributed by atoms with Gasteiger partial charge in [0.2, 0.25) is 0 Å². The van der Waals surface area contributed by atoms with Gasteiger partial charge >= 0.3 is 29.6 Å². The van der Waals surface area contributed by atoms with Gasteiger partial charge in [-0.3, -0.25) is 4.68 Å². The summed E-state index contributed by atoms with van der Waals surface area (Å²) in [6.07, 6.45) is 1.60. The van der Waals surface area contributed by atoms with Gasteiger partial charge in [-0.25, -0.2) is 0 Å². The summed E-state index contributed by atoms with van der Waals surface area (Å²) < 4.78 is 6.60. The fourth-order valence-electron chi connectivity index (χ4n) is 1.51. The van der Waals surface area contributed by atoms with Gasteiger partial charge in [-0.15, -0.1) is 12.6 Å². The van der Waals surface area contributed by atoms with E-state index >= 15 is 0 Å². The van der Waals surface area contributed by atoms with Gasteiger partial charge in [-0.1, -0.05) is 0 Å². The van der Waals surface area contributed by atoms with Crippen LogP contribution in [0.4, 0.5) is 0 Å². The average molecular weight is 274 g/mol. The third kappa shape index (κ3) is 3.20. The molecule has 2 aromatic rings. The van der Waals surface area contributed by atoms with Crippen molar-refractivity contribution in [2.45, 2.75) is 12.3 Å². The Balaban J connectivity index is 0.00000162.